The van der Waals surface area contributed by atoms with Crippen LogP contribution in [0.4, 0.5) is 11.5 Å². The van der Waals surface area contributed by atoms with Gasteiger partial charge in [0.1, 0.15) is 17.4 Å². The van der Waals surface area contributed by atoms with E-state index in [9.17, 15) is 0 Å². The van der Waals surface area contributed by atoms with Crippen LogP contribution in [0.3, 0.4) is 0 Å². The number of pyridine rings is 1. The van der Waals surface area contributed by atoms with Crippen LogP contribution in [0.5, 0.6) is 5.75 Å². The van der Waals surface area contributed by atoms with E-state index in [2.05, 4.69) is 10.3 Å². The zero-order valence-electron chi connectivity index (χ0n) is 9.95. The fourth-order valence-corrected chi connectivity index (χ4v) is 2.11. The highest BCUT2D eigenvalue weighted by Crippen LogP contribution is 2.28. The zero-order chi connectivity index (χ0) is 13.8. The van der Waals surface area contributed by atoms with Gasteiger partial charge < -0.3 is 10.1 Å². The molecule has 0 unspecified atom stereocenters. The number of ether oxygens (including phenoxy) is 1. The molecule has 0 amide bonds. The second-order valence-electron chi connectivity index (χ2n) is 3.63. The number of nitrogens with zero attached hydrogens (tertiary/aromatic N) is 2. The molecule has 0 atom stereocenters. The first kappa shape index (κ1) is 13.5. The number of benzene rings is 1. The van der Waals surface area contributed by atoms with Crippen LogP contribution in [0.2, 0.25) is 10.0 Å². The van der Waals surface area contributed by atoms with Crippen molar-refractivity contribution in [2.24, 2.45) is 0 Å². The molecule has 19 heavy (non-hydrogen) atoms. The smallest absolute Gasteiger partial charge is 0.152 e. The Hall–Kier alpha value is -1.96. The summed E-state index contributed by atoms with van der Waals surface area (Å²) in [6, 6.07) is 8.67. The lowest BCUT2D eigenvalue weighted by molar-refractivity contribution is 0.413. The summed E-state index contributed by atoms with van der Waals surface area (Å²) < 4.78 is 5.11. The molecular formula is C13H9Cl2N3O. The Balaban J connectivity index is 2.41. The Labute approximate surface area is 120 Å². The first-order chi connectivity index (χ1) is 9.13. The van der Waals surface area contributed by atoms with Gasteiger partial charge in [-0.2, -0.15) is 5.26 Å². The Morgan fingerprint density at radius 2 is 1.95 bits per heavy atom. The fourth-order valence-electron chi connectivity index (χ4n) is 1.58. The molecule has 96 valence electrons. The lowest BCUT2D eigenvalue weighted by atomic mass is 10.2. The lowest BCUT2D eigenvalue weighted by Gasteiger charge is -2.10. The average molecular weight is 294 g/mol. The number of aromatic nitrogens is 1. The first-order valence-corrected chi connectivity index (χ1v) is 6.06. The SMILES string of the molecule is COc1ccnc(Nc2cc(Cl)cc(Cl)c2)c1C#N. The first-order valence-electron chi connectivity index (χ1n) is 5.30. The van der Waals surface area contributed by atoms with Crippen LogP contribution in [-0.2, 0) is 0 Å². The number of anilines is 2. The lowest BCUT2D eigenvalue weighted by Crippen LogP contribution is -1.99. The topological polar surface area (TPSA) is 57.9 Å². The number of nitriles is 1. The molecule has 0 bridgehead atoms. The quantitative estimate of drug-likeness (QED) is 0.929. The highest BCUT2D eigenvalue weighted by Gasteiger charge is 2.10. The van der Waals surface area contributed by atoms with Crippen molar-refractivity contribution >= 4 is 34.7 Å². The summed E-state index contributed by atoms with van der Waals surface area (Å²) in [5.74, 6) is 0.841. The summed E-state index contributed by atoms with van der Waals surface area (Å²) in [4.78, 5) is 4.11. The van der Waals surface area contributed by atoms with Gasteiger partial charge in [0.2, 0.25) is 0 Å². The van der Waals surface area contributed by atoms with Gasteiger partial charge in [0.15, 0.2) is 5.82 Å². The molecule has 4 nitrogen and oxygen atoms in total. The molecule has 6 heteroatoms. The summed E-state index contributed by atoms with van der Waals surface area (Å²) >= 11 is 11.8. The Morgan fingerprint density at radius 3 is 2.53 bits per heavy atom. The van der Waals surface area contributed by atoms with Crippen molar-refractivity contribution in [3.05, 3.63) is 46.1 Å². The van der Waals surface area contributed by atoms with E-state index in [1.54, 1.807) is 30.5 Å². The van der Waals surface area contributed by atoms with Gasteiger partial charge >= 0.3 is 0 Å². The van der Waals surface area contributed by atoms with E-state index in [4.69, 9.17) is 33.2 Å². The maximum absolute atomic E-state index is 9.16. The number of halogens is 2. The van der Waals surface area contributed by atoms with Gasteiger partial charge in [-0.3, -0.25) is 0 Å². The number of methoxy groups -OCH3 is 1. The Bertz CT molecular complexity index is 633. The normalized spacial score (nSPS) is 9.79. The van der Waals surface area contributed by atoms with E-state index in [-0.39, 0.29) is 0 Å². The monoisotopic (exact) mass is 293 g/mol. The maximum Gasteiger partial charge on any atom is 0.152 e. The summed E-state index contributed by atoms with van der Waals surface area (Å²) in [6.07, 6.45) is 1.55. The third kappa shape index (κ3) is 3.08. The van der Waals surface area contributed by atoms with E-state index >= 15 is 0 Å². The van der Waals surface area contributed by atoms with Gasteiger partial charge in [0.25, 0.3) is 0 Å². The highest BCUT2D eigenvalue weighted by atomic mass is 35.5. The zero-order valence-corrected chi connectivity index (χ0v) is 11.5. The second kappa shape index (κ2) is 5.79. The van der Waals surface area contributed by atoms with Gasteiger partial charge in [0.05, 0.1) is 7.11 Å². The number of hydrogen-bond donors (Lipinski definition) is 1. The minimum Gasteiger partial charge on any atom is -0.495 e. The van der Waals surface area contributed by atoms with Crippen LogP contribution in [-0.4, -0.2) is 12.1 Å². The molecule has 0 spiro atoms. The molecule has 0 aliphatic heterocycles. The van der Waals surface area contributed by atoms with Gasteiger partial charge in [-0.1, -0.05) is 23.2 Å². The largest absolute Gasteiger partial charge is 0.495 e. The van der Waals surface area contributed by atoms with Crippen molar-refractivity contribution < 1.29 is 4.74 Å². The van der Waals surface area contributed by atoms with Crippen molar-refractivity contribution in [1.29, 1.82) is 5.26 Å². The molecular weight excluding hydrogens is 285 g/mol. The van der Waals surface area contributed by atoms with Crippen LogP contribution in [0.15, 0.2) is 30.5 Å². The third-order valence-electron chi connectivity index (χ3n) is 2.37. The molecule has 0 saturated heterocycles. The van der Waals surface area contributed by atoms with E-state index in [0.717, 1.165) is 0 Å². The minimum absolute atomic E-state index is 0.320. The van der Waals surface area contributed by atoms with Gasteiger partial charge in [-0.25, -0.2) is 4.98 Å². The fraction of sp³-hybridized carbons (Fsp3) is 0.0769. The molecule has 0 saturated carbocycles. The van der Waals surface area contributed by atoms with E-state index in [1.807, 2.05) is 6.07 Å². The van der Waals surface area contributed by atoms with Crippen molar-refractivity contribution in [1.82, 2.24) is 4.98 Å². The van der Waals surface area contributed by atoms with E-state index in [0.29, 0.717) is 32.9 Å². The highest BCUT2D eigenvalue weighted by molar-refractivity contribution is 6.35. The Kier molecular flexibility index (Phi) is 4.10. The number of nitrogens with one attached hydrogen (secondary N) is 1. The van der Waals surface area contributed by atoms with E-state index < -0.39 is 0 Å². The summed E-state index contributed by atoms with van der Waals surface area (Å²) in [6.45, 7) is 0. The van der Waals surface area contributed by atoms with Crippen LogP contribution in [0.25, 0.3) is 0 Å². The summed E-state index contributed by atoms with van der Waals surface area (Å²) in [5.41, 5.74) is 0.968. The predicted octanol–water partition coefficient (Wildman–Crippen LogP) is 4.01. The predicted molar refractivity (Wildman–Crippen MR) is 75.2 cm³/mol. The van der Waals surface area contributed by atoms with Crippen LogP contribution < -0.4 is 10.1 Å². The molecule has 1 heterocycles. The summed E-state index contributed by atoms with van der Waals surface area (Å²) in [7, 11) is 1.50. The van der Waals surface area contributed by atoms with Gasteiger partial charge in [-0.15, -0.1) is 0 Å². The maximum atomic E-state index is 9.16. The van der Waals surface area contributed by atoms with Crippen molar-refractivity contribution in [2.75, 3.05) is 12.4 Å². The third-order valence-corrected chi connectivity index (χ3v) is 2.81. The number of rotatable bonds is 3. The molecule has 0 aliphatic rings. The molecule has 2 rings (SSSR count). The van der Waals surface area contributed by atoms with Crippen molar-refractivity contribution in [2.45, 2.75) is 0 Å². The van der Waals surface area contributed by atoms with E-state index in [1.165, 1.54) is 7.11 Å². The second-order valence-corrected chi connectivity index (χ2v) is 4.50. The Morgan fingerprint density at radius 1 is 1.26 bits per heavy atom. The average Bonchev–Trinajstić information content (AvgIpc) is 2.37. The molecule has 1 N–H and O–H groups in total. The van der Waals surface area contributed by atoms with Crippen LogP contribution >= 0.6 is 23.2 Å². The molecule has 1 aromatic carbocycles. The van der Waals surface area contributed by atoms with Crippen LogP contribution in [0.1, 0.15) is 5.56 Å². The van der Waals surface area contributed by atoms with Crippen molar-refractivity contribution in [3.8, 4) is 11.8 Å². The summed E-state index contributed by atoms with van der Waals surface area (Å²) in [5, 5.41) is 13.1. The molecule has 1 aromatic heterocycles. The standard InChI is InChI=1S/C13H9Cl2N3O/c1-19-12-2-3-17-13(11(12)7-16)18-10-5-8(14)4-9(15)6-10/h2-6H,1H3,(H,17,18). The van der Waals surface area contributed by atoms with Crippen LogP contribution in [0, 0.1) is 11.3 Å². The van der Waals surface area contributed by atoms with Gasteiger partial charge in [0, 0.05) is 21.9 Å². The number of hydrogen-bond acceptors (Lipinski definition) is 4. The van der Waals surface area contributed by atoms with Gasteiger partial charge in [-0.05, 0) is 24.3 Å². The molecule has 0 aliphatic carbocycles. The minimum atomic E-state index is 0.320. The molecule has 2 aromatic rings. The molecule has 0 radical (unpaired) electrons. The van der Waals surface area contributed by atoms with Crippen molar-refractivity contribution in [3.63, 3.8) is 0 Å². The molecule has 0 fully saturated rings.